The van der Waals surface area contributed by atoms with E-state index >= 15 is 0 Å². The first-order valence-corrected chi connectivity index (χ1v) is 5.75. The number of esters is 2. The zero-order valence-corrected chi connectivity index (χ0v) is 10.6. The molecular formula is C11H19N3O4. The van der Waals surface area contributed by atoms with Crippen LogP contribution in [0.5, 0.6) is 0 Å². The molecule has 0 saturated heterocycles. The van der Waals surface area contributed by atoms with E-state index in [-0.39, 0.29) is 0 Å². The third-order valence-electron chi connectivity index (χ3n) is 2.91. The van der Waals surface area contributed by atoms with Gasteiger partial charge in [-0.2, -0.15) is 0 Å². The monoisotopic (exact) mass is 257 g/mol. The van der Waals surface area contributed by atoms with Crippen LogP contribution in [0.1, 0.15) is 32.6 Å². The number of carbonyl (C=O) groups excluding carboxylic acids is 2. The van der Waals surface area contributed by atoms with Crippen LogP contribution in [0.4, 0.5) is 0 Å². The van der Waals surface area contributed by atoms with E-state index in [9.17, 15) is 9.59 Å². The lowest BCUT2D eigenvalue weighted by Crippen LogP contribution is -2.71. The molecule has 0 aromatic heterocycles. The molecule has 0 aromatic rings. The average Bonchev–Trinajstić information content (AvgIpc) is 2.22. The second-order valence-corrected chi connectivity index (χ2v) is 4.39. The Kier molecular flexibility index (Phi) is 4.42. The molecule has 0 bridgehead atoms. The van der Waals surface area contributed by atoms with Gasteiger partial charge in [-0.15, -0.1) is 0 Å². The van der Waals surface area contributed by atoms with E-state index in [0.717, 1.165) is 19.1 Å². The molecule has 4 N–H and O–H groups in total. The number of ether oxygens (including phenoxy) is 2. The molecule has 0 spiro atoms. The number of nitrogens with two attached hydrogens (primary N) is 2. The molecular weight excluding hydrogens is 238 g/mol. The van der Waals surface area contributed by atoms with E-state index in [4.69, 9.17) is 20.9 Å². The van der Waals surface area contributed by atoms with Crippen LogP contribution in [0.2, 0.25) is 0 Å². The molecule has 0 amide bonds. The minimum Gasteiger partial charge on any atom is -0.438 e. The molecule has 1 aliphatic rings. The highest BCUT2D eigenvalue weighted by molar-refractivity contribution is 6.23. The van der Waals surface area contributed by atoms with Gasteiger partial charge in [0.2, 0.25) is 11.4 Å². The number of hydrogen-bond acceptors (Lipinski definition) is 7. The third-order valence-corrected chi connectivity index (χ3v) is 2.91. The summed E-state index contributed by atoms with van der Waals surface area (Å²) in [6.45, 7) is 1.24. The Labute approximate surface area is 106 Å². The summed E-state index contributed by atoms with van der Waals surface area (Å²) < 4.78 is 10.2. The lowest BCUT2D eigenvalue weighted by molar-refractivity contribution is -0.218. The summed E-state index contributed by atoms with van der Waals surface area (Å²) in [5.74, 6) is -1.27. The fraction of sp³-hybridized carbons (Fsp3) is 0.727. The number of hydrogen-bond donors (Lipinski definition) is 2. The van der Waals surface area contributed by atoms with Crippen LogP contribution in [0.15, 0.2) is 4.99 Å². The van der Waals surface area contributed by atoms with Crippen LogP contribution < -0.4 is 11.5 Å². The summed E-state index contributed by atoms with van der Waals surface area (Å²) in [5.41, 5.74) is 8.99. The van der Waals surface area contributed by atoms with Gasteiger partial charge in [0.25, 0.3) is 0 Å². The molecule has 18 heavy (non-hydrogen) atoms. The van der Waals surface area contributed by atoms with E-state index in [1.165, 1.54) is 14.0 Å². The van der Waals surface area contributed by atoms with Gasteiger partial charge in [0, 0.05) is 26.8 Å². The Morgan fingerprint density at radius 3 is 2.11 bits per heavy atom. The highest BCUT2D eigenvalue weighted by Crippen LogP contribution is 2.35. The lowest BCUT2D eigenvalue weighted by atomic mass is 9.84. The minimum atomic E-state index is -1.52. The molecule has 0 aliphatic heterocycles. The van der Waals surface area contributed by atoms with E-state index in [0.29, 0.717) is 12.8 Å². The quantitative estimate of drug-likeness (QED) is 0.406. The molecule has 7 nitrogen and oxygen atoms in total. The maximum absolute atomic E-state index is 11.4. The van der Waals surface area contributed by atoms with Crippen molar-refractivity contribution in [3.8, 4) is 0 Å². The first-order chi connectivity index (χ1) is 8.33. The van der Waals surface area contributed by atoms with Gasteiger partial charge in [-0.05, 0) is 12.8 Å². The largest absolute Gasteiger partial charge is 0.438 e. The Bertz CT molecular complexity index is 371. The van der Waals surface area contributed by atoms with Gasteiger partial charge in [0.1, 0.15) is 6.21 Å². The standard InChI is InChI=1S/C11H19N3O4/c1-8(15)17-10(12)5-3-4-6-11(10,13)18-9(16)7-14-2/h7H,3-6,12-13H2,1-2H3. The molecule has 0 aromatic carbocycles. The minimum absolute atomic E-state index is 0.333. The second kappa shape index (κ2) is 5.45. The molecule has 1 aliphatic carbocycles. The molecule has 1 saturated carbocycles. The van der Waals surface area contributed by atoms with Crippen molar-refractivity contribution in [2.24, 2.45) is 16.5 Å². The lowest BCUT2D eigenvalue weighted by Gasteiger charge is -2.46. The predicted octanol–water partition coefficient (Wildman–Crippen LogP) is -0.323. The molecule has 1 rings (SSSR count). The molecule has 0 radical (unpaired) electrons. The Morgan fingerprint density at radius 1 is 1.17 bits per heavy atom. The first kappa shape index (κ1) is 14.6. The highest BCUT2D eigenvalue weighted by Gasteiger charge is 2.54. The van der Waals surface area contributed by atoms with Crippen molar-refractivity contribution in [2.45, 2.75) is 44.1 Å². The molecule has 7 heteroatoms. The fourth-order valence-electron chi connectivity index (χ4n) is 2.04. The second-order valence-electron chi connectivity index (χ2n) is 4.39. The number of carbonyl (C=O) groups is 2. The van der Waals surface area contributed by atoms with Crippen LogP contribution in [-0.4, -0.2) is 36.7 Å². The van der Waals surface area contributed by atoms with Crippen LogP contribution in [0, 0.1) is 0 Å². The number of rotatable bonds is 3. The van der Waals surface area contributed by atoms with Gasteiger partial charge in [-0.1, -0.05) is 0 Å². The summed E-state index contributed by atoms with van der Waals surface area (Å²) in [7, 11) is 1.44. The van der Waals surface area contributed by atoms with Gasteiger partial charge < -0.3 is 9.47 Å². The Morgan fingerprint density at radius 2 is 1.67 bits per heavy atom. The van der Waals surface area contributed by atoms with E-state index < -0.39 is 23.4 Å². The maximum atomic E-state index is 11.4. The van der Waals surface area contributed by atoms with Crippen molar-refractivity contribution in [1.82, 2.24) is 0 Å². The molecule has 1 fully saturated rings. The fourth-order valence-corrected chi connectivity index (χ4v) is 2.04. The number of nitrogens with zero attached hydrogens (tertiary/aromatic N) is 1. The van der Waals surface area contributed by atoms with E-state index in [1.807, 2.05) is 0 Å². The Balaban J connectivity index is 2.91. The third kappa shape index (κ3) is 3.05. The smallest absolute Gasteiger partial charge is 0.350 e. The summed E-state index contributed by atoms with van der Waals surface area (Å²) >= 11 is 0. The predicted molar refractivity (Wildman–Crippen MR) is 64.6 cm³/mol. The zero-order chi connectivity index (χ0) is 13.8. The van der Waals surface area contributed by atoms with E-state index in [2.05, 4.69) is 4.99 Å². The molecule has 102 valence electrons. The van der Waals surface area contributed by atoms with Crippen molar-refractivity contribution in [3.05, 3.63) is 0 Å². The molecule has 2 atom stereocenters. The summed E-state index contributed by atoms with van der Waals surface area (Å²) in [4.78, 5) is 26.1. The van der Waals surface area contributed by atoms with Crippen molar-refractivity contribution in [1.29, 1.82) is 0 Å². The highest BCUT2D eigenvalue weighted by atomic mass is 16.6. The summed E-state index contributed by atoms with van der Waals surface area (Å²) in [6.07, 6.45) is 3.17. The van der Waals surface area contributed by atoms with Crippen LogP contribution >= 0.6 is 0 Å². The molecule has 0 heterocycles. The topological polar surface area (TPSA) is 117 Å². The van der Waals surface area contributed by atoms with Crippen molar-refractivity contribution in [3.63, 3.8) is 0 Å². The zero-order valence-electron chi connectivity index (χ0n) is 10.6. The number of aliphatic imine (C=N–C) groups is 1. The molecule has 2 unspecified atom stereocenters. The van der Waals surface area contributed by atoms with Gasteiger partial charge in [-0.25, -0.2) is 4.79 Å². The normalized spacial score (nSPS) is 32.2. The Hall–Kier alpha value is -1.47. The first-order valence-electron chi connectivity index (χ1n) is 5.75. The van der Waals surface area contributed by atoms with Crippen LogP contribution in [-0.2, 0) is 19.1 Å². The van der Waals surface area contributed by atoms with Crippen molar-refractivity contribution >= 4 is 18.2 Å². The van der Waals surface area contributed by atoms with Crippen molar-refractivity contribution in [2.75, 3.05) is 7.05 Å². The van der Waals surface area contributed by atoms with Crippen molar-refractivity contribution < 1.29 is 19.1 Å². The average molecular weight is 257 g/mol. The SMILES string of the molecule is CN=CC(=O)OC1(N)CCCCC1(N)OC(C)=O. The van der Waals surface area contributed by atoms with Gasteiger partial charge in [-0.3, -0.25) is 21.3 Å². The summed E-state index contributed by atoms with van der Waals surface area (Å²) in [5, 5.41) is 0. The maximum Gasteiger partial charge on any atom is 0.350 e. The summed E-state index contributed by atoms with van der Waals surface area (Å²) in [6, 6.07) is 0. The van der Waals surface area contributed by atoms with E-state index in [1.54, 1.807) is 0 Å². The van der Waals surface area contributed by atoms with Gasteiger partial charge in [0.15, 0.2) is 0 Å². The van der Waals surface area contributed by atoms with Crippen LogP contribution in [0.3, 0.4) is 0 Å². The van der Waals surface area contributed by atoms with Gasteiger partial charge >= 0.3 is 11.9 Å². The van der Waals surface area contributed by atoms with Gasteiger partial charge in [0.05, 0.1) is 0 Å². The van der Waals surface area contributed by atoms with Crippen LogP contribution in [0.25, 0.3) is 0 Å².